The summed E-state index contributed by atoms with van der Waals surface area (Å²) < 4.78 is 7.34. The minimum atomic E-state index is 0.0612. The maximum atomic E-state index is 9.12. The molecule has 0 saturated carbocycles. The summed E-state index contributed by atoms with van der Waals surface area (Å²) in [6, 6.07) is 12.0. The van der Waals surface area contributed by atoms with Crippen LogP contribution >= 0.6 is 0 Å². The van der Waals surface area contributed by atoms with Crippen LogP contribution in [0.1, 0.15) is 19.4 Å². The fourth-order valence-electron chi connectivity index (χ4n) is 3.32. The van der Waals surface area contributed by atoms with Gasteiger partial charge in [0, 0.05) is 42.2 Å². The number of para-hydroxylation sites is 1. The SMILES string of the molecule is CC(C)Oc1ccc(CNc2cccc3c(-c4cnn(CCO)c4)ccnc23)cn1. The van der Waals surface area contributed by atoms with Crippen LogP contribution in [0.15, 0.2) is 61.2 Å². The van der Waals surface area contributed by atoms with Crippen molar-refractivity contribution in [2.75, 3.05) is 11.9 Å². The molecule has 7 heteroatoms. The van der Waals surface area contributed by atoms with Crippen LogP contribution in [-0.2, 0) is 13.1 Å². The van der Waals surface area contributed by atoms with Gasteiger partial charge < -0.3 is 15.2 Å². The summed E-state index contributed by atoms with van der Waals surface area (Å²) in [6.07, 6.45) is 7.50. The van der Waals surface area contributed by atoms with E-state index in [0.717, 1.165) is 33.3 Å². The van der Waals surface area contributed by atoms with Crippen LogP contribution < -0.4 is 10.1 Å². The lowest BCUT2D eigenvalue weighted by atomic mass is 10.0. The number of hydrogen-bond acceptors (Lipinski definition) is 6. The van der Waals surface area contributed by atoms with Crippen molar-refractivity contribution in [1.29, 1.82) is 0 Å². The number of anilines is 1. The van der Waals surface area contributed by atoms with Gasteiger partial charge in [-0.3, -0.25) is 9.67 Å². The van der Waals surface area contributed by atoms with Crippen LogP contribution in [0.2, 0.25) is 0 Å². The summed E-state index contributed by atoms with van der Waals surface area (Å²) in [5.74, 6) is 0.631. The molecule has 0 aliphatic heterocycles. The van der Waals surface area contributed by atoms with Gasteiger partial charge in [0.05, 0.1) is 36.7 Å². The molecule has 2 N–H and O–H groups in total. The quantitative estimate of drug-likeness (QED) is 0.464. The molecule has 0 aliphatic carbocycles. The molecule has 0 bridgehead atoms. The van der Waals surface area contributed by atoms with E-state index in [0.29, 0.717) is 19.0 Å². The number of nitrogens with one attached hydrogen (secondary N) is 1. The number of aliphatic hydroxyl groups excluding tert-OH is 1. The van der Waals surface area contributed by atoms with Gasteiger partial charge in [-0.15, -0.1) is 0 Å². The first-order chi connectivity index (χ1) is 14.6. The monoisotopic (exact) mass is 403 g/mol. The van der Waals surface area contributed by atoms with E-state index in [1.807, 2.05) is 69.0 Å². The minimum Gasteiger partial charge on any atom is -0.475 e. The highest BCUT2D eigenvalue weighted by atomic mass is 16.5. The second-order valence-corrected chi connectivity index (χ2v) is 7.30. The Labute approximate surface area is 175 Å². The number of aliphatic hydroxyl groups is 1. The molecule has 4 aromatic rings. The van der Waals surface area contributed by atoms with Gasteiger partial charge in [-0.2, -0.15) is 5.10 Å². The maximum absolute atomic E-state index is 9.12. The van der Waals surface area contributed by atoms with Gasteiger partial charge in [0.25, 0.3) is 0 Å². The van der Waals surface area contributed by atoms with Crippen LogP contribution in [0, 0.1) is 0 Å². The van der Waals surface area contributed by atoms with Gasteiger partial charge >= 0.3 is 0 Å². The van der Waals surface area contributed by atoms with E-state index >= 15 is 0 Å². The fourth-order valence-corrected chi connectivity index (χ4v) is 3.32. The Morgan fingerprint density at radius 3 is 2.77 bits per heavy atom. The van der Waals surface area contributed by atoms with Crippen molar-refractivity contribution in [2.45, 2.75) is 33.0 Å². The van der Waals surface area contributed by atoms with Gasteiger partial charge in [-0.25, -0.2) is 4.98 Å². The molecular formula is C23H25N5O2. The van der Waals surface area contributed by atoms with Crippen molar-refractivity contribution in [2.24, 2.45) is 0 Å². The van der Waals surface area contributed by atoms with Gasteiger partial charge in [0.1, 0.15) is 0 Å². The second kappa shape index (κ2) is 8.92. The number of fused-ring (bicyclic) bond motifs is 1. The molecule has 0 aliphatic rings. The van der Waals surface area contributed by atoms with E-state index < -0.39 is 0 Å². The Morgan fingerprint density at radius 1 is 1.10 bits per heavy atom. The van der Waals surface area contributed by atoms with E-state index in [2.05, 4.69) is 26.4 Å². The molecule has 0 spiro atoms. The summed E-state index contributed by atoms with van der Waals surface area (Å²) >= 11 is 0. The molecule has 7 nitrogen and oxygen atoms in total. The first-order valence-electron chi connectivity index (χ1n) is 10.0. The Hall–Kier alpha value is -3.45. The number of hydrogen-bond donors (Lipinski definition) is 2. The Morgan fingerprint density at radius 2 is 2.00 bits per heavy atom. The number of ether oxygens (including phenoxy) is 1. The van der Waals surface area contributed by atoms with Gasteiger partial charge in [-0.1, -0.05) is 18.2 Å². The largest absolute Gasteiger partial charge is 0.475 e. The molecule has 0 fully saturated rings. The van der Waals surface area contributed by atoms with Crippen LogP contribution in [0.4, 0.5) is 5.69 Å². The number of nitrogens with zero attached hydrogens (tertiary/aromatic N) is 4. The maximum Gasteiger partial charge on any atom is 0.213 e. The highest BCUT2D eigenvalue weighted by molar-refractivity contribution is 6.00. The average Bonchev–Trinajstić information content (AvgIpc) is 3.21. The molecule has 0 atom stereocenters. The molecule has 30 heavy (non-hydrogen) atoms. The summed E-state index contributed by atoms with van der Waals surface area (Å²) in [6.45, 7) is 5.14. The predicted octanol–water partition coefficient (Wildman–Crippen LogP) is 3.88. The van der Waals surface area contributed by atoms with Crippen LogP contribution in [0.25, 0.3) is 22.0 Å². The second-order valence-electron chi connectivity index (χ2n) is 7.30. The van der Waals surface area contributed by atoms with Crippen molar-refractivity contribution < 1.29 is 9.84 Å². The summed E-state index contributed by atoms with van der Waals surface area (Å²) in [4.78, 5) is 8.96. The van der Waals surface area contributed by atoms with E-state index in [-0.39, 0.29) is 12.7 Å². The van der Waals surface area contributed by atoms with Crippen LogP contribution in [0.3, 0.4) is 0 Å². The molecule has 3 aromatic heterocycles. The summed E-state index contributed by atoms with van der Waals surface area (Å²) in [5, 5.41) is 18.0. The zero-order valence-electron chi connectivity index (χ0n) is 17.1. The van der Waals surface area contributed by atoms with E-state index in [1.165, 1.54) is 0 Å². The first kappa shape index (κ1) is 19.8. The van der Waals surface area contributed by atoms with Gasteiger partial charge in [0.15, 0.2) is 0 Å². The Bertz CT molecular complexity index is 1120. The van der Waals surface area contributed by atoms with Crippen molar-refractivity contribution in [3.8, 4) is 17.0 Å². The molecule has 154 valence electrons. The van der Waals surface area contributed by atoms with Crippen molar-refractivity contribution in [1.82, 2.24) is 19.7 Å². The molecule has 1 aromatic carbocycles. The number of benzene rings is 1. The van der Waals surface area contributed by atoms with E-state index in [9.17, 15) is 0 Å². The molecule has 0 unspecified atom stereocenters. The zero-order valence-corrected chi connectivity index (χ0v) is 17.1. The van der Waals surface area contributed by atoms with Gasteiger partial charge in [-0.05, 0) is 37.1 Å². The van der Waals surface area contributed by atoms with Crippen molar-refractivity contribution in [3.05, 3.63) is 66.7 Å². The molecule has 0 saturated heterocycles. The fraction of sp³-hybridized carbons (Fsp3) is 0.261. The third-order valence-electron chi connectivity index (χ3n) is 4.68. The normalized spacial score (nSPS) is 11.2. The van der Waals surface area contributed by atoms with Gasteiger partial charge in [0.2, 0.25) is 5.88 Å². The third kappa shape index (κ3) is 4.41. The first-order valence-corrected chi connectivity index (χ1v) is 10.0. The zero-order chi connectivity index (χ0) is 20.9. The average molecular weight is 403 g/mol. The lowest BCUT2D eigenvalue weighted by Gasteiger charge is -2.12. The number of pyridine rings is 2. The summed E-state index contributed by atoms with van der Waals surface area (Å²) in [7, 11) is 0. The molecule has 3 heterocycles. The topological polar surface area (TPSA) is 85.1 Å². The standard InChI is InChI=1S/C23H25N5O2/c1-16(2)30-22-7-6-17(13-26-22)12-25-21-5-3-4-20-19(8-9-24-23(20)21)18-14-27-28(15-18)10-11-29/h3-9,13-16,25,29H,10-12H2,1-2H3. The highest BCUT2D eigenvalue weighted by Gasteiger charge is 2.10. The van der Waals surface area contributed by atoms with Crippen LogP contribution in [0.5, 0.6) is 5.88 Å². The molecule has 4 rings (SSSR count). The minimum absolute atomic E-state index is 0.0612. The van der Waals surface area contributed by atoms with E-state index in [1.54, 1.807) is 4.68 Å². The number of rotatable bonds is 8. The Kier molecular flexibility index (Phi) is 5.90. The predicted molar refractivity (Wildman–Crippen MR) is 117 cm³/mol. The smallest absolute Gasteiger partial charge is 0.213 e. The Balaban J connectivity index is 1.56. The highest BCUT2D eigenvalue weighted by Crippen LogP contribution is 2.31. The van der Waals surface area contributed by atoms with E-state index in [4.69, 9.17) is 9.84 Å². The van der Waals surface area contributed by atoms with Crippen molar-refractivity contribution in [3.63, 3.8) is 0 Å². The lowest BCUT2D eigenvalue weighted by molar-refractivity contribution is 0.232. The number of aromatic nitrogens is 4. The third-order valence-corrected chi connectivity index (χ3v) is 4.68. The molecule has 0 radical (unpaired) electrons. The molecule has 0 amide bonds. The summed E-state index contributed by atoms with van der Waals surface area (Å²) in [5.41, 5.74) is 4.98. The van der Waals surface area contributed by atoms with Crippen LogP contribution in [-0.4, -0.2) is 37.6 Å². The lowest BCUT2D eigenvalue weighted by Crippen LogP contribution is -2.07. The van der Waals surface area contributed by atoms with Crippen molar-refractivity contribution >= 4 is 16.6 Å². The molecular weight excluding hydrogens is 378 g/mol.